The van der Waals surface area contributed by atoms with Crippen LogP contribution in [-0.2, 0) is 4.74 Å². The fourth-order valence-electron chi connectivity index (χ4n) is 1.64. The number of ether oxygens (including phenoxy) is 1. The first-order chi connectivity index (χ1) is 9.58. The van der Waals surface area contributed by atoms with E-state index in [0.717, 1.165) is 0 Å². The minimum atomic E-state index is -0.599. The summed E-state index contributed by atoms with van der Waals surface area (Å²) in [6.07, 6.45) is -0.484. The predicted molar refractivity (Wildman–Crippen MR) is 86.2 cm³/mol. The largest absolute Gasteiger partial charge is 0.443 e. The molecule has 0 aliphatic carbocycles. The molecule has 6 heteroatoms. The van der Waals surface area contributed by atoms with Crippen LogP contribution in [-0.4, -0.2) is 43.8 Å². The van der Waals surface area contributed by atoms with Crippen LogP contribution in [0.15, 0.2) is 22.7 Å². The van der Waals surface area contributed by atoms with Crippen molar-refractivity contribution in [3.63, 3.8) is 0 Å². The van der Waals surface area contributed by atoms with Crippen molar-refractivity contribution in [2.45, 2.75) is 26.4 Å². The van der Waals surface area contributed by atoms with Gasteiger partial charge in [-0.3, -0.25) is 4.90 Å². The number of rotatable bonds is 4. The molecule has 0 saturated carbocycles. The van der Waals surface area contributed by atoms with Crippen molar-refractivity contribution in [2.75, 3.05) is 32.1 Å². The monoisotopic (exact) mass is 360 g/mol. The molecule has 1 aromatic rings. The van der Waals surface area contributed by atoms with Gasteiger partial charge in [0.05, 0.1) is 5.69 Å². The van der Waals surface area contributed by atoms with Crippen LogP contribution in [0.1, 0.15) is 20.8 Å². The van der Waals surface area contributed by atoms with Crippen LogP contribution in [0.3, 0.4) is 0 Å². The molecule has 0 bridgehead atoms. The first-order valence-corrected chi connectivity index (χ1v) is 7.49. The van der Waals surface area contributed by atoms with Gasteiger partial charge in [0.25, 0.3) is 0 Å². The predicted octanol–water partition coefficient (Wildman–Crippen LogP) is 3.89. The molecule has 0 aromatic heterocycles. The third-order valence-electron chi connectivity index (χ3n) is 2.54. The van der Waals surface area contributed by atoms with Gasteiger partial charge in [0.15, 0.2) is 0 Å². The Kier molecular flexibility index (Phi) is 6.16. The Bertz CT molecular complexity index is 481. The molecule has 0 saturated heterocycles. The minimum absolute atomic E-state index is 0.405. The topological polar surface area (TPSA) is 32.8 Å². The van der Waals surface area contributed by atoms with E-state index >= 15 is 0 Å². The number of nitrogens with zero attached hydrogens (tertiary/aromatic N) is 2. The summed E-state index contributed by atoms with van der Waals surface area (Å²) in [5.74, 6) is -0.405. The van der Waals surface area contributed by atoms with Crippen molar-refractivity contribution in [1.82, 2.24) is 4.90 Å². The van der Waals surface area contributed by atoms with Gasteiger partial charge in [-0.1, -0.05) is 15.9 Å². The maximum atomic E-state index is 13.6. The fraction of sp³-hybridized carbons (Fsp3) is 0.533. The molecule has 4 nitrogen and oxygen atoms in total. The Morgan fingerprint density at radius 1 is 1.24 bits per heavy atom. The summed E-state index contributed by atoms with van der Waals surface area (Å²) in [5.41, 5.74) is -0.129. The van der Waals surface area contributed by atoms with Crippen LogP contribution in [0.25, 0.3) is 0 Å². The molecular weight excluding hydrogens is 339 g/mol. The lowest BCUT2D eigenvalue weighted by Gasteiger charge is -2.28. The molecule has 0 N–H and O–H groups in total. The van der Waals surface area contributed by atoms with Gasteiger partial charge in [-0.15, -0.1) is 0 Å². The Labute approximate surface area is 134 Å². The van der Waals surface area contributed by atoms with Gasteiger partial charge in [-0.2, -0.15) is 0 Å². The number of carbonyl (C=O) groups excluding carboxylic acids is 1. The van der Waals surface area contributed by atoms with Crippen LogP contribution >= 0.6 is 15.9 Å². The van der Waals surface area contributed by atoms with Gasteiger partial charge in [0, 0.05) is 17.6 Å². The summed E-state index contributed by atoms with van der Waals surface area (Å²) in [7, 11) is 3.82. The number of likely N-dealkylation sites (N-methyl/N-ethyl adjacent to an activating group) is 1. The number of hydrogen-bond acceptors (Lipinski definition) is 3. The highest BCUT2D eigenvalue weighted by molar-refractivity contribution is 9.10. The molecule has 118 valence electrons. The number of benzene rings is 1. The average Bonchev–Trinajstić information content (AvgIpc) is 2.24. The highest BCUT2D eigenvalue weighted by atomic mass is 79.9. The van der Waals surface area contributed by atoms with E-state index in [-0.39, 0.29) is 0 Å². The SMILES string of the molecule is CN(C)CCN(C(=O)OC(C)(C)C)c1cc(F)cc(Br)c1. The summed E-state index contributed by atoms with van der Waals surface area (Å²) < 4.78 is 19.5. The summed E-state index contributed by atoms with van der Waals surface area (Å²) in [6.45, 7) is 6.47. The summed E-state index contributed by atoms with van der Waals surface area (Å²) in [4.78, 5) is 15.7. The summed E-state index contributed by atoms with van der Waals surface area (Å²) in [5, 5.41) is 0. The lowest BCUT2D eigenvalue weighted by atomic mass is 10.2. The number of carbonyl (C=O) groups is 1. The Balaban J connectivity index is 3.03. The summed E-state index contributed by atoms with van der Waals surface area (Å²) in [6, 6.07) is 4.37. The molecule has 0 unspecified atom stereocenters. The zero-order valence-electron chi connectivity index (χ0n) is 13.1. The Morgan fingerprint density at radius 2 is 1.86 bits per heavy atom. The highest BCUT2D eigenvalue weighted by Gasteiger charge is 2.24. The van der Waals surface area contributed by atoms with Gasteiger partial charge in [-0.25, -0.2) is 9.18 Å². The first kappa shape index (κ1) is 17.9. The van der Waals surface area contributed by atoms with E-state index in [1.54, 1.807) is 26.8 Å². The molecule has 21 heavy (non-hydrogen) atoms. The molecule has 1 aromatic carbocycles. The molecule has 1 rings (SSSR count). The van der Waals surface area contributed by atoms with Crippen molar-refractivity contribution < 1.29 is 13.9 Å². The van der Waals surface area contributed by atoms with Crippen molar-refractivity contribution >= 4 is 27.7 Å². The van der Waals surface area contributed by atoms with Crippen molar-refractivity contribution in [2.24, 2.45) is 0 Å². The van der Waals surface area contributed by atoms with Crippen LogP contribution in [0.2, 0.25) is 0 Å². The smallest absolute Gasteiger partial charge is 0.414 e. The van der Waals surface area contributed by atoms with E-state index < -0.39 is 17.5 Å². The summed E-state index contributed by atoms with van der Waals surface area (Å²) >= 11 is 3.24. The van der Waals surface area contributed by atoms with Gasteiger partial charge < -0.3 is 9.64 Å². The second kappa shape index (κ2) is 7.22. The lowest BCUT2D eigenvalue weighted by Crippen LogP contribution is -2.40. The maximum absolute atomic E-state index is 13.6. The highest BCUT2D eigenvalue weighted by Crippen LogP contribution is 2.24. The third kappa shape index (κ3) is 6.44. The molecule has 0 aliphatic rings. The number of amides is 1. The van der Waals surface area contributed by atoms with Crippen LogP contribution in [0, 0.1) is 5.82 Å². The number of anilines is 1. The Hall–Kier alpha value is -1.14. The van der Waals surface area contributed by atoms with Gasteiger partial charge in [0.1, 0.15) is 11.4 Å². The van der Waals surface area contributed by atoms with E-state index in [2.05, 4.69) is 15.9 Å². The maximum Gasteiger partial charge on any atom is 0.414 e. The molecule has 0 radical (unpaired) electrons. The zero-order valence-corrected chi connectivity index (χ0v) is 14.7. The number of hydrogen-bond donors (Lipinski definition) is 0. The van der Waals surface area contributed by atoms with E-state index in [0.29, 0.717) is 23.2 Å². The molecule has 0 spiro atoms. The van der Waals surface area contributed by atoms with E-state index in [1.807, 2.05) is 19.0 Å². The fourth-order valence-corrected chi connectivity index (χ4v) is 2.09. The zero-order chi connectivity index (χ0) is 16.2. The first-order valence-electron chi connectivity index (χ1n) is 6.70. The normalized spacial score (nSPS) is 11.6. The van der Waals surface area contributed by atoms with Gasteiger partial charge in [0.2, 0.25) is 0 Å². The molecular formula is C15H22BrFN2O2. The molecule has 1 amide bonds. The van der Waals surface area contributed by atoms with Gasteiger partial charge in [-0.05, 0) is 53.1 Å². The van der Waals surface area contributed by atoms with Crippen molar-refractivity contribution in [3.05, 3.63) is 28.5 Å². The van der Waals surface area contributed by atoms with Crippen molar-refractivity contribution in [3.8, 4) is 0 Å². The quantitative estimate of drug-likeness (QED) is 0.816. The van der Waals surface area contributed by atoms with Crippen molar-refractivity contribution in [1.29, 1.82) is 0 Å². The number of halogens is 2. The molecule has 0 aliphatic heterocycles. The third-order valence-corrected chi connectivity index (χ3v) is 3.00. The van der Waals surface area contributed by atoms with E-state index in [9.17, 15) is 9.18 Å². The minimum Gasteiger partial charge on any atom is -0.443 e. The molecule has 0 fully saturated rings. The van der Waals surface area contributed by atoms with Crippen LogP contribution in [0.5, 0.6) is 0 Å². The Morgan fingerprint density at radius 3 is 2.33 bits per heavy atom. The van der Waals surface area contributed by atoms with E-state index in [4.69, 9.17) is 4.74 Å². The van der Waals surface area contributed by atoms with Gasteiger partial charge >= 0.3 is 6.09 Å². The second-order valence-electron chi connectivity index (χ2n) is 6.06. The van der Waals surface area contributed by atoms with Crippen LogP contribution < -0.4 is 4.90 Å². The average molecular weight is 361 g/mol. The lowest BCUT2D eigenvalue weighted by molar-refractivity contribution is 0.0578. The van der Waals surface area contributed by atoms with E-state index in [1.165, 1.54) is 17.0 Å². The molecule has 0 heterocycles. The molecule has 0 atom stereocenters. The second-order valence-corrected chi connectivity index (χ2v) is 6.98. The van der Waals surface area contributed by atoms with Crippen LogP contribution in [0.4, 0.5) is 14.9 Å². The standard InChI is InChI=1S/C15H22BrFN2O2/c1-15(2,3)21-14(20)19(7-6-18(4)5)13-9-11(16)8-12(17)10-13/h8-10H,6-7H2,1-5H3.